The van der Waals surface area contributed by atoms with E-state index in [0.717, 1.165) is 82.8 Å². The van der Waals surface area contributed by atoms with Gasteiger partial charge in [0.05, 0.1) is 0 Å². The van der Waals surface area contributed by atoms with Crippen molar-refractivity contribution < 1.29 is 9.59 Å². The largest absolute Gasteiger partial charge is 0.349 e. The molecule has 0 aromatic heterocycles. The second kappa shape index (κ2) is 29.2. The number of fused-ring (bicyclic) bond motifs is 2. The number of piperidine rings is 1. The minimum absolute atomic E-state index is 0.146. The lowest BCUT2D eigenvalue weighted by molar-refractivity contribution is -0.148. The van der Waals surface area contributed by atoms with Gasteiger partial charge in [-0.05, 0) is 95.7 Å². The molecule has 0 spiro atoms. The topological polar surface area (TPSA) is 52.7 Å². The number of hydrogen-bond acceptors (Lipinski definition) is 3. The second-order valence-electron chi connectivity index (χ2n) is 19.4. The molecule has 3 aliphatic rings. The molecule has 3 unspecified atom stereocenters. The summed E-state index contributed by atoms with van der Waals surface area (Å²) in [7, 11) is 0. The third-order valence-electron chi connectivity index (χ3n) is 14.3. The van der Waals surface area contributed by atoms with Gasteiger partial charge < -0.3 is 15.1 Å². The summed E-state index contributed by atoms with van der Waals surface area (Å²) in [4.78, 5) is 34.9. The second-order valence-corrected chi connectivity index (χ2v) is 19.4. The predicted molar refractivity (Wildman–Crippen MR) is 238 cm³/mol. The van der Waals surface area contributed by atoms with Crippen molar-refractivity contribution in [3.63, 3.8) is 0 Å². The van der Waals surface area contributed by atoms with E-state index in [2.05, 4.69) is 49.7 Å². The summed E-state index contributed by atoms with van der Waals surface area (Å²) in [5, 5.41) is 3.78. The molecule has 2 saturated carbocycles. The Labute approximate surface area is 343 Å². The molecular weight excluding hydrogens is 675 g/mol. The number of amides is 2. The van der Waals surface area contributed by atoms with Crippen molar-refractivity contribution >= 4 is 11.8 Å². The van der Waals surface area contributed by atoms with Crippen molar-refractivity contribution in [3.8, 4) is 0 Å². The van der Waals surface area contributed by atoms with Crippen LogP contribution in [0.3, 0.4) is 0 Å². The summed E-state index contributed by atoms with van der Waals surface area (Å²) >= 11 is 0. The molecule has 3 fully saturated rings. The average molecular weight is 770 g/mol. The minimum Gasteiger partial charge on any atom is -0.349 e. The van der Waals surface area contributed by atoms with Gasteiger partial charge in [-0.1, -0.05) is 188 Å². The van der Waals surface area contributed by atoms with Crippen LogP contribution in [0.1, 0.15) is 253 Å². The Morgan fingerprint density at radius 2 is 1.05 bits per heavy atom. The van der Waals surface area contributed by atoms with Crippen LogP contribution in [0.4, 0.5) is 0 Å². The van der Waals surface area contributed by atoms with Crippen LogP contribution in [0, 0.1) is 17.8 Å². The van der Waals surface area contributed by atoms with E-state index < -0.39 is 0 Å². The molecule has 55 heavy (non-hydrogen) atoms. The van der Waals surface area contributed by atoms with Crippen LogP contribution in [-0.2, 0) is 9.59 Å². The Bertz CT molecular complexity index is 950. The van der Waals surface area contributed by atoms with E-state index in [-0.39, 0.29) is 29.4 Å². The van der Waals surface area contributed by atoms with Crippen LogP contribution >= 0.6 is 0 Å². The van der Waals surface area contributed by atoms with Crippen molar-refractivity contribution in [1.82, 2.24) is 15.1 Å². The van der Waals surface area contributed by atoms with Gasteiger partial charge >= 0.3 is 0 Å². The summed E-state index contributed by atoms with van der Waals surface area (Å²) in [6.45, 7) is 14.7. The molecule has 1 saturated heterocycles. The molecule has 5 nitrogen and oxygen atoms in total. The van der Waals surface area contributed by atoms with Crippen molar-refractivity contribution in [3.05, 3.63) is 0 Å². The number of likely N-dealkylation sites (tertiary alicyclic amines) is 1. The SMILES string of the molecule is CCCCCCCCCCCCCCCC(=O)N(C(CCCCCCC)CCCCCCC)C(C(=O)NC1(C)CC2CCCC(C2)C1)C1CCN(CC)CC1. The van der Waals surface area contributed by atoms with E-state index in [0.29, 0.717) is 12.3 Å². The third-order valence-corrected chi connectivity index (χ3v) is 14.3. The minimum atomic E-state index is -0.330. The smallest absolute Gasteiger partial charge is 0.243 e. The lowest BCUT2D eigenvalue weighted by atomic mass is 9.65. The van der Waals surface area contributed by atoms with Gasteiger partial charge in [-0.15, -0.1) is 0 Å². The number of nitrogens with zero attached hydrogens (tertiary/aromatic N) is 2. The molecule has 0 aromatic rings. The standard InChI is InChI=1S/C50H95N3O2/c1-6-10-13-16-17-18-19-20-21-22-23-26-29-35-47(54)53(46(33-27-24-14-11-7-2)34-28-25-15-12-8-3)48(45-36-38-52(9-4)39-37-45)49(55)51-50(5)41-43-31-30-32-44(40-43)42-50/h43-46,48H,6-42H2,1-5H3,(H,51,55). The monoisotopic (exact) mass is 770 g/mol. The summed E-state index contributed by atoms with van der Waals surface area (Å²) < 4.78 is 0. The summed E-state index contributed by atoms with van der Waals surface area (Å²) in [6, 6.07) is -0.153. The average Bonchev–Trinajstić information content (AvgIpc) is 3.17. The Hall–Kier alpha value is -1.10. The molecule has 322 valence electrons. The first kappa shape index (κ1) is 48.3. The van der Waals surface area contributed by atoms with Gasteiger partial charge in [0.25, 0.3) is 0 Å². The van der Waals surface area contributed by atoms with E-state index in [4.69, 9.17) is 0 Å². The third kappa shape index (κ3) is 19.0. The molecule has 2 bridgehead atoms. The van der Waals surface area contributed by atoms with Gasteiger partial charge in [-0.2, -0.15) is 0 Å². The number of carbonyl (C=O) groups is 2. The summed E-state index contributed by atoms with van der Waals surface area (Å²) in [5.74, 6) is 2.22. The van der Waals surface area contributed by atoms with E-state index in [1.165, 1.54) is 161 Å². The van der Waals surface area contributed by atoms with Crippen molar-refractivity contribution in [1.29, 1.82) is 0 Å². The van der Waals surface area contributed by atoms with Crippen LogP contribution in [-0.4, -0.2) is 58.9 Å². The number of hydrogen-bond donors (Lipinski definition) is 1. The Morgan fingerprint density at radius 1 is 0.618 bits per heavy atom. The van der Waals surface area contributed by atoms with E-state index in [9.17, 15) is 4.79 Å². The molecule has 0 radical (unpaired) electrons. The molecular formula is C50H95N3O2. The number of rotatable bonds is 32. The van der Waals surface area contributed by atoms with E-state index in [1.54, 1.807) is 0 Å². The zero-order chi connectivity index (χ0) is 39.6. The van der Waals surface area contributed by atoms with Gasteiger partial charge in [0, 0.05) is 18.0 Å². The normalized spacial score (nSPS) is 22.6. The predicted octanol–water partition coefficient (Wildman–Crippen LogP) is 14.0. The van der Waals surface area contributed by atoms with Crippen molar-refractivity contribution in [2.75, 3.05) is 19.6 Å². The Morgan fingerprint density at radius 3 is 1.51 bits per heavy atom. The molecule has 3 atom stereocenters. The first-order valence-electron chi connectivity index (χ1n) is 25.2. The summed E-state index contributed by atoms with van der Waals surface area (Å²) in [5.41, 5.74) is -0.146. The van der Waals surface area contributed by atoms with Gasteiger partial charge in [-0.3, -0.25) is 9.59 Å². The van der Waals surface area contributed by atoms with E-state index >= 15 is 4.79 Å². The summed E-state index contributed by atoms with van der Waals surface area (Å²) in [6.07, 6.45) is 42.0. The fourth-order valence-electron chi connectivity index (χ4n) is 11.2. The van der Waals surface area contributed by atoms with Gasteiger partial charge in [-0.25, -0.2) is 0 Å². The number of carbonyl (C=O) groups excluding carboxylic acids is 2. The highest BCUT2D eigenvalue weighted by Gasteiger charge is 2.45. The Balaban J connectivity index is 1.76. The molecule has 0 aromatic carbocycles. The lowest BCUT2D eigenvalue weighted by Gasteiger charge is -2.48. The molecule has 2 aliphatic carbocycles. The quantitative estimate of drug-likeness (QED) is 0.0693. The highest BCUT2D eigenvalue weighted by atomic mass is 16.2. The lowest BCUT2D eigenvalue weighted by Crippen LogP contribution is -2.62. The van der Waals surface area contributed by atoms with Gasteiger partial charge in [0.15, 0.2) is 0 Å². The number of nitrogens with one attached hydrogen (secondary N) is 1. The van der Waals surface area contributed by atoms with Gasteiger partial charge in [0.1, 0.15) is 6.04 Å². The molecule has 1 N–H and O–H groups in total. The highest BCUT2D eigenvalue weighted by Crippen LogP contribution is 2.44. The zero-order valence-corrected chi connectivity index (χ0v) is 37.8. The van der Waals surface area contributed by atoms with Crippen LogP contribution in [0.5, 0.6) is 0 Å². The van der Waals surface area contributed by atoms with Crippen LogP contribution < -0.4 is 5.32 Å². The Kier molecular flexibility index (Phi) is 25.6. The maximum absolute atomic E-state index is 15.1. The highest BCUT2D eigenvalue weighted by molar-refractivity contribution is 5.88. The van der Waals surface area contributed by atoms with Crippen molar-refractivity contribution in [2.45, 2.75) is 271 Å². The molecule has 5 heteroatoms. The maximum atomic E-state index is 15.1. The van der Waals surface area contributed by atoms with Crippen molar-refractivity contribution in [2.24, 2.45) is 17.8 Å². The molecule has 1 heterocycles. The first-order valence-corrected chi connectivity index (χ1v) is 25.2. The van der Waals surface area contributed by atoms with Crippen LogP contribution in [0.2, 0.25) is 0 Å². The molecule has 1 aliphatic heterocycles. The van der Waals surface area contributed by atoms with Crippen LogP contribution in [0.25, 0.3) is 0 Å². The fourth-order valence-corrected chi connectivity index (χ4v) is 11.2. The fraction of sp³-hybridized carbons (Fsp3) is 0.960. The van der Waals surface area contributed by atoms with Gasteiger partial charge in [0.2, 0.25) is 11.8 Å². The maximum Gasteiger partial charge on any atom is 0.243 e. The first-order chi connectivity index (χ1) is 26.8. The number of unbranched alkanes of at least 4 members (excludes halogenated alkanes) is 20. The van der Waals surface area contributed by atoms with E-state index in [1.807, 2.05) is 0 Å². The molecule has 3 rings (SSSR count). The van der Waals surface area contributed by atoms with Crippen LogP contribution in [0.15, 0.2) is 0 Å². The zero-order valence-electron chi connectivity index (χ0n) is 37.8. The molecule has 2 amide bonds.